The van der Waals surface area contributed by atoms with Gasteiger partial charge in [0, 0.05) is 24.2 Å². The third-order valence-electron chi connectivity index (χ3n) is 4.73. The first-order valence-electron chi connectivity index (χ1n) is 6.50. The summed E-state index contributed by atoms with van der Waals surface area (Å²) in [7, 11) is 0. The van der Waals surface area contributed by atoms with Crippen LogP contribution in [0.4, 0.5) is 0 Å². The molecule has 0 bridgehead atoms. The van der Waals surface area contributed by atoms with E-state index in [0.29, 0.717) is 19.3 Å². The first kappa shape index (κ1) is 12.8. The highest BCUT2D eigenvalue weighted by molar-refractivity contribution is 5.86. The zero-order chi connectivity index (χ0) is 13.4. The number of ketones is 1. The minimum absolute atomic E-state index is 0.130. The molecule has 2 aliphatic rings. The molecule has 3 heteroatoms. The van der Waals surface area contributed by atoms with Crippen molar-refractivity contribution in [3.63, 3.8) is 0 Å². The highest BCUT2D eigenvalue weighted by Crippen LogP contribution is 2.54. The van der Waals surface area contributed by atoms with Crippen LogP contribution in [0.25, 0.3) is 0 Å². The maximum atomic E-state index is 12.3. The maximum absolute atomic E-state index is 12.3. The lowest BCUT2D eigenvalue weighted by Gasteiger charge is -2.43. The molecule has 2 rings (SSSR count). The summed E-state index contributed by atoms with van der Waals surface area (Å²) in [6, 6.07) is 4.46. The number of nitrogens with zero attached hydrogens (tertiary/aromatic N) is 2. The van der Waals surface area contributed by atoms with Crippen molar-refractivity contribution in [2.24, 2.45) is 16.7 Å². The van der Waals surface area contributed by atoms with E-state index in [1.54, 1.807) is 0 Å². The average Bonchev–Trinajstić information content (AvgIpc) is 2.48. The predicted molar refractivity (Wildman–Crippen MR) is 67.1 cm³/mol. The Kier molecular flexibility index (Phi) is 3.03. The summed E-state index contributed by atoms with van der Waals surface area (Å²) in [6.45, 7) is 3.90. The largest absolute Gasteiger partial charge is 0.299 e. The van der Waals surface area contributed by atoms with Crippen LogP contribution in [-0.4, -0.2) is 5.78 Å². The molecular formula is C15H18N2O. The van der Waals surface area contributed by atoms with Crippen LogP contribution in [0.15, 0.2) is 11.6 Å². The molecule has 0 aromatic heterocycles. The predicted octanol–water partition coefficient (Wildman–Crippen LogP) is 3.14. The Morgan fingerprint density at radius 2 is 2.06 bits per heavy atom. The van der Waals surface area contributed by atoms with Crippen LogP contribution < -0.4 is 0 Å². The second kappa shape index (κ2) is 4.25. The minimum atomic E-state index is -1.03. The smallest absolute Gasteiger partial charge is 0.151 e. The van der Waals surface area contributed by atoms with E-state index >= 15 is 0 Å². The van der Waals surface area contributed by atoms with Crippen molar-refractivity contribution in [1.82, 2.24) is 0 Å². The Morgan fingerprint density at radius 1 is 1.39 bits per heavy atom. The summed E-state index contributed by atoms with van der Waals surface area (Å²) < 4.78 is 0. The van der Waals surface area contributed by atoms with E-state index in [2.05, 4.69) is 12.1 Å². The number of allylic oxidation sites excluding steroid dienone is 2. The molecule has 2 aliphatic carbocycles. The summed E-state index contributed by atoms with van der Waals surface area (Å²) in [5, 5.41) is 19.0. The summed E-state index contributed by atoms with van der Waals surface area (Å²) in [4.78, 5) is 12.3. The van der Waals surface area contributed by atoms with Crippen LogP contribution in [0.5, 0.6) is 0 Å². The second-order valence-electron chi connectivity index (χ2n) is 5.91. The summed E-state index contributed by atoms with van der Waals surface area (Å²) in [6.07, 6.45) is 5.41. The minimum Gasteiger partial charge on any atom is -0.299 e. The van der Waals surface area contributed by atoms with Crippen molar-refractivity contribution < 1.29 is 4.79 Å². The molecule has 0 amide bonds. The molecule has 0 aromatic carbocycles. The van der Waals surface area contributed by atoms with Gasteiger partial charge in [-0.25, -0.2) is 0 Å². The molecule has 0 heterocycles. The number of rotatable bonds is 0. The van der Waals surface area contributed by atoms with Gasteiger partial charge in [0.25, 0.3) is 0 Å². The average molecular weight is 242 g/mol. The van der Waals surface area contributed by atoms with Crippen LogP contribution in [0.1, 0.15) is 46.0 Å². The van der Waals surface area contributed by atoms with Gasteiger partial charge in [-0.3, -0.25) is 4.79 Å². The fourth-order valence-corrected chi connectivity index (χ4v) is 3.59. The van der Waals surface area contributed by atoms with E-state index in [1.807, 2.05) is 19.9 Å². The van der Waals surface area contributed by atoms with E-state index in [1.165, 1.54) is 0 Å². The lowest BCUT2D eigenvalue weighted by atomic mass is 9.56. The van der Waals surface area contributed by atoms with Crippen molar-refractivity contribution in [2.75, 3.05) is 0 Å². The van der Waals surface area contributed by atoms with E-state index < -0.39 is 10.8 Å². The molecule has 1 fully saturated rings. The first-order chi connectivity index (χ1) is 8.48. The molecular weight excluding hydrogens is 224 g/mol. The Labute approximate surface area is 108 Å². The fraction of sp³-hybridized carbons (Fsp3) is 0.667. The number of hydrogen-bond acceptors (Lipinski definition) is 3. The van der Waals surface area contributed by atoms with Crippen LogP contribution in [0.2, 0.25) is 0 Å². The van der Waals surface area contributed by atoms with Gasteiger partial charge < -0.3 is 0 Å². The summed E-state index contributed by atoms with van der Waals surface area (Å²) >= 11 is 0. The molecule has 0 saturated heterocycles. The SMILES string of the molecule is CC1=CCC2(C)C(=O)CCCC2C(C#N)(C#N)C1. The number of carbonyl (C=O) groups excluding carboxylic acids is 1. The Hall–Kier alpha value is -1.61. The van der Waals surface area contributed by atoms with Gasteiger partial charge in [0.1, 0.15) is 5.78 Å². The van der Waals surface area contributed by atoms with Crippen molar-refractivity contribution >= 4 is 5.78 Å². The Bertz CT molecular complexity index is 478. The molecule has 0 aliphatic heterocycles. The highest BCUT2D eigenvalue weighted by atomic mass is 16.1. The van der Waals surface area contributed by atoms with E-state index in [0.717, 1.165) is 18.4 Å². The molecule has 0 spiro atoms. The molecule has 1 saturated carbocycles. The van der Waals surface area contributed by atoms with Crippen molar-refractivity contribution in [3.8, 4) is 12.1 Å². The normalized spacial score (nSPS) is 34.6. The molecule has 3 nitrogen and oxygen atoms in total. The quantitative estimate of drug-likeness (QED) is 0.613. The van der Waals surface area contributed by atoms with Gasteiger partial charge in [-0.1, -0.05) is 18.6 Å². The fourth-order valence-electron chi connectivity index (χ4n) is 3.59. The van der Waals surface area contributed by atoms with Gasteiger partial charge in [-0.15, -0.1) is 0 Å². The van der Waals surface area contributed by atoms with Gasteiger partial charge in [-0.05, 0) is 26.2 Å². The van der Waals surface area contributed by atoms with Crippen molar-refractivity contribution in [2.45, 2.75) is 46.0 Å². The molecule has 0 N–H and O–H groups in total. The molecule has 0 radical (unpaired) electrons. The molecule has 2 atom stereocenters. The summed E-state index contributed by atoms with van der Waals surface area (Å²) in [5.74, 6) is 0.0922. The second-order valence-corrected chi connectivity index (χ2v) is 5.91. The van der Waals surface area contributed by atoms with Gasteiger partial charge >= 0.3 is 0 Å². The molecule has 18 heavy (non-hydrogen) atoms. The van der Waals surface area contributed by atoms with Gasteiger partial charge in [0.2, 0.25) is 0 Å². The van der Waals surface area contributed by atoms with Gasteiger partial charge in [0.15, 0.2) is 5.41 Å². The van der Waals surface area contributed by atoms with Gasteiger partial charge in [0.05, 0.1) is 12.1 Å². The third kappa shape index (κ3) is 1.66. The van der Waals surface area contributed by atoms with Crippen LogP contribution >= 0.6 is 0 Å². The summed E-state index contributed by atoms with van der Waals surface area (Å²) in [5.41, 5.74) is -0.495. The van der Waals surface area contributed by atoms with Crippen LogP contribution in [0, 0.1) is 39.4 Å². The lowest BCUT2D eigenvalue weighted by Crippen LogP contribution is -2.46. The number of hydrogen-bond donors (Lipinski definition) is 0. The van der Waals surface area contributed by atoms with Crippen LogP contribution in [-0.2, 0) is 4.79 Å². The number of nitriles is 2. The first-order valence-corrected chi connectivity index (χ1v) is 6.50. The van der Waals surface area contributed by atoms with E-state index in [-0.39, 0.29) is 11.7 Å². The molecule has 2 unspecified atom stereocenters. The topological polar surface area (TPSA) is 64.7 Å². The van der Waals surface area contributed by atoms with Crippen molar-refractivity contribution in [1.29, 1.82) is 10.5 Å². The Balaban J connectivity index is 2.57. The van der Waals surface area contributed by atoms with Crippen LogP contribution in [0.3, 0.4) is 0 Å². The van der Waals surface area contributed by atoms with E-state index in [4.69, 9.17) is 0 Å². The maximum Gasteiger partial charge on any atom is 0.151 e. The monoisotopic (exact) mass is 242 g/mol. The Morgan fingerprint density at radius 3 is 2.67 bits per heavy atom. The van der Waals surface area contributed by atoms with Crippen molar-refractivity contribution in [3.05, 3.63) is 11.6 Å². The number of Topliss-reactive ketones (excluding diaryl/α,β-unsaturated/α-hetero) is 1. The molecule has 0 aromatic rings. The molecule has 94 valence electrons. The number of carbonyl (C=O) groups is 1. The van der Waals surface area contributed by atoms with Gasteiger partial charge in [-0.2, -0.15) is 10.5 Å². The zero-order valence-electron chi connectivity index (χ0n) is 11.0. The third-order valence-corrected chi connectivity index (χ3v) is 4.73. The standard InChI is InChI=1S/C15H18N2O/c1-11-6-7-14(2)12(4-3-5-13(14)18)15(8-11,9-16)10-17/h6,12H,3-5,7-8H2,1-2H3. The lowest BCUT2D eigenvalue weighted by molar-refractivity contribution is -0.135. The highest BCUT2D eigenvalue weighted by Gasteiger charge is 2.54. The zero-order valence-corrected chi connectivity index (χ0v) is 11.0. The number of fused-ring (bicyclic) bond motifs is 1. The van der Waals surface area contributed by atoms with E-state index in [9.17, 15) is 15.3 Å².